The molecule has 1 saturated heterocycles. The van der Waals surface area contributed by atoms with Gasteiger partial charge in [-0.3, -0.25) is 4.79 Å². The summed E-state index contributed by atoms with van der Waals surface area (Å²) in [6.45, 7) is 1.58. The fourth-order valence-corrected chi connectivity index (χ4v) is 3.44. The smallest absolute Gasteiger partial charge is 0.251 e. The number of rotatable bonds is 4. The van der Waals surface area contributed by atoms with Gasteiger partial charge in [0.2, 0.25) is 10.0 Å². The van der Waals surface area contributed by atoms with Crippen molar-refractivity contribution >= 4 is 15.9 Å². The first-order valence-electron chi connectivity index (χ1n) is 6.58. The second-order valence-corrected chi connectivity index (χ2v) is 6.48. The largest absolute Gasteiger partial charge is 0.355 e. The number of hydrogen-bond acceptors (Lipinski definition) is 4. The van der Waals surface area contributed by atoms with Gasteiger partial charge in [0.25, 0.3) is 5.91 Å². The van der Waals surface area contributed by atoms with Crippen molar-refractivity contribution in [3.05, 3.63) is 29.8 Å². The highest BCUT2D eigenvalue weighted by molar-refractivity contribution is 7.89. The lowest BCUT2D eigenvalue weighted by molar-refractivity contribution is 0.0963. The van der Waals surface area contributed by atoms with E-state index >= 15 is 0 Å². The van der Waals surface area contributed by atoms with Crippen LogP contribution in [0.2, 0.25) is 0 Å². The van der Waals surface area contributed by atoms with Gasteiger partial charge in [0.1, 0.15) is 0 Å². The van der Waals surface area contributed by atoms with Crippen molar-refractivity contribution in [1.29, 1.82) is 0 Å². The van der Waals surface area contributed by atoms with Crippen molar-refractivity contribution in [3.8, 4) is 0 Å². The van der Waals surface area contributed by atoms with Gasteiger partial charge in [-0.1, -0.05) is 0 Å². The third kappa shape index (κ3) is 3.56. The van der Waals surface area contributed by atoms with Gasteiger partial charge in [0, 0.05) is 25.2 Å². The highest BCUT2D eigenvalue weighted by Gasteiger charge is 2.21. The zero-order valence-electron chi connectivity index (χ0n) is 11.3. The molecule has 1 aliphatic heterocycles. The Morgan fingerprint density at radius 3 is 2.55 bits per heavy atom. The molecule has 1 fully saturated rings. The molecule has 0 spiro atoms. The predicted octanol–water partition coefficient (Wildman–Crippen LogP) is 0.0765. The van der Waals surface area contributed by atoms with Gasteiger partial charge in [-0.05, 0) is 43.7 Å². The molecule has 0 saturated carbocycles. The molecule has 0 aliphatic carbocycles. The predicted molar refractivity (Wildman–Crippen MR) is 76.0 cm³/mol. The summed E-state index contributed by atoms with van der Waals surface area (Å²) < 4.78 is 27.1. The van der Waals surface area contributed by atoms with Crippen molar-refractivity contribution in [2.75, 3.05) is 20.1 Å². The lowest BCUT2D eigenvalue weighted by Gasteiger charge is -2.23. The Bertz CT molecular complexity index is 563. The number of carbonyl (C=O) groups is 1. The Labute approximate surface area is 119 Å². The molecule has 0 unspecified atom stereocenters. The molecule has 0 radical (unpaired) electrons. The molecule has 2 rings (SSSR count). The average molecular weight is 297 g/mol. The molecule has 3 N–H and O–H groups in total. The van der Waals surface area contributed by atoms with Crippen LogP contribution in [0.5, 0.6) is 0 Å². The number of sulfonamides is 1. The van der Waals surface area contributed by atoms with E-state index in [-0.39, 0.29) is 16.8 Å². The molecular formula is C13H19N3O3S. The summed E-state index contributed by atoms with van der Waals surface area (Å²) in [5.41, 5.74) is 0.436. The number of carbonyl (C=O) groups excluding carboxylic acids is 1. The van der Waals surface area contributed by atoms with Crippen LogP contribution in [0.1, 0.15) is 23.2 Å². The van der Waals surface area contributed by atoms with E-state index < -0.39 is 10.0 Å². The second-order valence-electron chi connectivity index (χ2n) is 4.77. The van der Waals surface area contributed by atoms with Gasteiger partial charge in [0.05, 0.1) is 4.90 Å². The molecule has 20 heavy (non-hydrogen) atoms. The summed E-state index contributed by atoms with van der Waals surface area (Å²) in [5.74, 6) is -0.238. The van der Waals surface area contributed by atoms with Crippen LogP contribution >= 0.6 is 0 Å². The van der Waals surface area contributed by atoms with Gasteiger partial charge < -0.3 is 10.6 Å². The third-order valence-electron chi connectivity index (χ3n) is 3.27. The highest BCUT2D eigenvalue weighted by atomic mass is 32.2. The molecule has 1 aromatic rings. The maximum Gasteiger partial charge on any atom is 0.251 e. The lowest BCUT2D eigenvalue weighted by Crippen LogP contribution is -2.45. The Hall–Kier alpha value is -1.44. The van der Waals surface area contributed by atoms with Crippen LogP contribution in [0.3, 0.4) is 0 Å². The standard InChI is InChI=1S/C13H19N3O3S/c1-14-13(17)10-4-6-12(7-5-10)20(18,19)16-11-3-2-8-15-9-11/h4-7,11,15-16H,2-3,8-9H2,1H3,(H,14,17)/t11-/m0/s1. The Morgan fingerprint density at radius 2 is 2.00 bits per heavy atom. The molecular weight excluding hydrogens is 278 g/mol. The topological polar surface area (TPSA) is 87.3 Å². The SMILES string of the molecule is CNC(=O)c1ccc(S(=O)(=O)N[C@H]2CCCNC2)cc1. The maximum atomic E-state index is 12.2. The van der Waals surface area contributed by atoms with E-state index in [1.54, 1.807) is 0 Å². The molecule has 1 heterocycles. The van der Waals surface area contributed by atoms with E-state index in [1.807, 2.05) is 0 Å². The van der Waals surface area contributed by atoms with E-state index in [0.29, 0.717) is 12.1 Å². The van der Waals surface area contributed by atoms with Gasteiger partial charge in [-0.25, -0.2) is 13.1 Å². The van der Waals surface area contributed by atoms with Gasteiger partial charge in [0.15, 0.2) is 0 Å². The summed E-state index contributed by atoms with van der Waals surface area (Å²) in [6.07, 6.45) is 1.80. The summed E-state index contributed by atoms with van der Waals surface area (Å²) in [5, 5.41) is 5.65. The van der Waals surface area contributed by atoms with Crippen LogP contribution in [0.4, 0.5) is 0 Å². The summed E-state index contributed by atoms with van der Waals surface area (Å²) in [6, 6.07) is 5.83. The number of hydrogen-bond donors (Lipinski definition) is 3. The molecule has 1 aliphatic rings. The molecule has 1 amide bonds. The molecule has 1 atom stereocenters. The fourth-order valence-electron chi connectivity index (χ4n) is 2.17. The van der Waals surface area contributed by atoms with Crippen molar-refractivity contribution in [3.63, 3.8) is 0 Å². The van der Waals surface area contributed by atoms with Gasteiger partial charge in [-0.2, -0.15) is 0 Å². The van der Waals surface area contributed by atoms with Crippen molar-refractivity contribution in [2.45, 2.75) is 23.8 Å². The zero-order chi connectivity index (χ0) is 14.6. The van der Waals surface area contributed by atoms with Crippen LogP contribution in [0.15, 0.2) is 29.2 Å². The van der Waals surface area contributed by atoms with Crippen LogP contribution in [0.25, 0.3) is 0 Å². The molecule has 110 valence electrons. The van der Waals surface area contributed by atoms with Crippen LogP contribution in [0, 0.1) is 0 Å². The number of nitrogens with one attached hydrogen (secondary N) is 3. The quantitative estimate of drug-likeness (QED) is 0.734. The van der Waals surface area contributed by atoms with Gasteiger partial charge in [-0.15, -0.1) is 0 Å². The first-order valence-corrected chi connectivity index (χ1v) is 8.06. The normalized spacial score (nSPS) is 19.6. The highest BCUT2D eigenvalue weighted by Crippen LogP contribution is 2.13. The first-order chi connectivity index (χ1) is 9.53. The van der Waals surface area contributed by atoms with E-state index in [4.69, 9.17) is 0 Å². The molecule has 7 heteroatoms. The summed E-state index contributed by atoms with van der Waals surface area (Å²) >= 11 is 0. The number of piperidine rings is 1. The Morgan fingerprint density at radius 1 is 1.30 bits per heavy atom. The van der Waals surface area contributed by atoms with Gasteiger partial charge >= 0.3 is 0 Å². The van der Waals surface area contributed by atoms with Crippen molar-refractivity contribution in [1.82, 2.24) is 15.4 Å². The molecule has 1 aromatic carbocycles. The second kappa shape index (κ2) is 6.34. The minimum atomic E-state index is -3.53. The zero-order valence-corrected chi connectivity index (χ0v) is 12.2. The number of benzene rings is 1. The lowest BCUT2D eigenvalue weighted by atomic mass is 10.1. The summed E-state index contributed by atoms with van der Waals surface area (Å²) in [4.78, 5) is 11.6. The number of amides is 1. The van der Waals surface area contributed by atoms with E-state index in [1.165, 1.54) is 31.3 Å². The minimum absolute atomic E-state index is 0.0765. The molecule has 0 aromatic heterocycles. The fraction of sp³-hybridized carbons (Fsp3) is 0.462. The van der Waals surface area contributed by atoms with E-state index in [2.05, 4.69) is 15.4 Å². The molecule has 6 nitrogen and oxygen atoms in total. The maximum absolute atomic E-state index is 12.2. The van der Waals surface area contributed by atoms with Crippen LogP contribution in [-0.2, 0) is 10.0 Å². The monoisotopic (exact) mass is 297 g/mol. The minimum Gasteiger partial charge on any atom is -0.355 e. The third-order valence-corrected chi connectivity index (χ3v) is 4.81. The first kappa shape index (κ1) is 15.0. The summed E-state index contributed by atoms with van der Waals surface area (Å²) in [7, 11) is -2.00. The van der Waals surface area contributed by atoms with Crippen molar-refractivity contribution in [2.24, 2.45) is 0 Å². The average Bonchev–Trinajstić information content (AvgIpc) is 2.47. The van der Waals surface area contributed by atoms with Crippen molar-refractivity contribution < 1.29 is 13.2 Å². The van der Waals surface area contributed by atoms with E-state index in [9.17, 15) is 13.2 Å². The Balaban J connectivity index is 2.10. The Kier molecular flexibility index (Phi) is 4.74. The van der Waals surface area contributed by atoms with Crippen LogP contribution in [-0.4, -0.2) is 40.5 Å². The molecule has 0 bridgehead atoms. The van der Waals surface area contributed by atoms with E-state index in [0.717, 1.165) is 19.4 Å². The van der Waals surface area contributed by atoms with Crippen LogP contribution < -0.4 is 15.4 Å².